The van der Waals surface area contributed by atoms with Crippen LogP contribution in [0.2, 0.25) is 0 Å². The third-order valence-corrected chi connectivity index (χ3v) is 2.96. The number of hydrogen-bond acceptors (Lipinski definition) is 3. The molecule has 0 fully saturated rings. The summed E-state index contributed by atoms with van der Waals surface area (Å²) in [6.45, 7) is 0. The molecule has 0 aromatic carbocycles. The lowest BCUT2D eigenvalue weighted by Crippen LogP contribution is -1.78. The minimum Gasteiger partial charge on any atom is -0.345 e. The lowest BCUT2D eigenvalue weighted by atomic mass is 10.2. The summed E-state index contributed by atoms with van der Waals surface area (Å²) >= 11 is 0. The van der Waals surface area contributed by atoms with Crippen LogP contribution in [-0.4, -0.2) is 24.9 Å². The fraction of sp³-hybridized carbons (Fsp3) is 0. The average Bonchev–Trinajstić information content (AvgIpc) is 3.02. The largest absolute Gasteiger partial charge is 0.345 e. The normalized spacial score (nSPS) is 11.3. The van der Waals surface area contributed by atoms with Gasteiger partial charge in [0.1, 0.15) is 11.5 Å². The number of nitrogens with one attached hydrogen (secondary N) is 2. The van der Waals surface area contributed by atoms with Gasteiger partial charge in [-0.3, -0.25) is 0 Å². The van der Waals surface area contributed by atoms with Crippen molar-refractivity contribution in [3.63, 3.8) is 0 Å². The quantitative estimate of drug-likeness (QED) is 0.532. The third-order valence-electron chi connectivity index (χ3n) is 2.96. The van der Waals surface area contributed by atoms with Gasteiger partial charge >= 0.3 is 0 Å². The first-order chi connectivity index (χ1) is 8.92. The van der Waals surface area contributed by atoms with Crippen molar-refractivity contribution in [2.24, 2.45) is 0 Å². The van der Waals surface area contributed by atoms with Gasteiger partial charge in [-0.15, -0.1) is 0 Å². The van der Waals surface area contributed by atoms with Crippen molar-refractivity contribution in [3.8, 4) is 11.4 Å². The van der Waals surface area contributed by atoms with Crippen LogP contribution in [-0.2, 0) is 0 Å². The maximum atomic E-state index is 4.49. The van der Waals surface area contributed by atoms with Crippen LogP contribution in [0.3, 0.4) is 0 Å². The molecule has 0 aliphatic carbocycles. The predicted molar refractivity (Wildman–Crippen MR) is 69.0 cm³/mol. The molecule has 0 aliphatic heterocycles. The van der Waals surface area contributed by atoms with E-state index in [9.17, 15) is 0 Å². The fourth-order valence-corrected chi connectivity index (χ4v) is 2.12. The Morgan fingerprint density at radius 1 is 1.00 bits per heavy atom. The van der Waals surface area contributed by atoms with Crippen LogP contribution < -0.4 is 0 Å². The number of imidazole rings is 1. The zero-order valence-electron chi connectivity index (χ0n) is 9.38. The van der Waals surface area contributed by atoms with Gasteiger partial charge in [-0.05, 0) is 24.3 Å². The van der Waals surface area contributed by atoms with E-state index in [4.69, 9.17) is 0 Å². The van der Waals surface area contributed by atoms with Crippen molar-refractivity contribution in [2.45, 2.75) is 0 Å². The van der Waals surface area contributed by atoms with Gasteiger partial charge in [0.2, 0.25) is 0 Å². The first kappa shape index (κ1) is 9.35. The van der Waals surface area contributed by atoms with Gasteiger partial charge in [-0.1, -0.05) is 0 Å². The Morgan fingerprint density at radius 2 is 1.89 bits per heavy atom. The molecule has 5 heteroatoms. The van der Waals surface area contributed by atoms with Gasteiger partial charge < -0.3 is 9.97 Å². The Bertz CT molecular complexity index is 809. The highest BCUT2D eigenvalue weighted by molar-refractivity contribution is 5.93. The first-order valence-electron chi connectivity index (χ1n) is 5.65. The third kappa shape index (κ3) is 1.24. The van der Waals surface area contributed by atoms with E-state index in [1.165, 1.54) is 0 Å². The molecule has 4 aromatic rings. The number of pyridine rings is 2. The zero-order valence-corrected chi connectivity index (χ0v) is 9.38. The van der Waals surface area contributed by atoms with Gasteiger partial charge in [-0.2, -0.15) is 0 Å². The first-order valence-corrected chi connectivity index (χ1v) is 5.65. The SMILES string of the molecule is c1cnc2nc(-c3c[nH]c4ncccc34)[nH]c2c1. The summed E-state index contributed by atoms with van der Waals surface area (Å²) in [6, 6.07) is 7.79. The maximum Gasteiger partial charge on any atom is 0.178 e. The molecule has 4 heterocycles. The topological polar surface area (TPSA) is 70.2 Å². The van der Waals surface area contributed by atoms with Crippen molar-refractivity contribution < 1.29 is 0 Å². The smallest absolute Gasteiger partial charge is 0.178 e. The Hall–Kier alpha value is -2.69. The highest BCUT2D eigenvalue weighted by Gasteiger charge is 2.10. The zero-order chi connectivity index (χ0) is 11.9. The molecule has 0 atom stereocenters. The lowest BCUT2D eigenvalue weighted by Gasteiger charge is -1.92. The minimum absolute atomic E-state index is 0.728. The number of aromatic amines is 2. The van der Waals surface area contributed by atoms with Gasteiger partial charge in [-0.25, -0.2) is 15.0 Å². The number of hydrogen-bond donors (Lipinski definition) is 2. The van der Waals surface area contributed by atoms with Crippen LogP contribution in [0.1, 0.15) is 0 Å². The number of fused-ring (bicyclic) bond motifs is 2. The van der Waals surface area contributed by atoms with Crippen LogP contribution in [0.25, 0.3) is 33.6 Å². The monoisotopic (exact) mass is 235 g/mol. The standard InChI is InChI=1S/C13H9N5/c1-3-8-9(7-16-11(8)14-5-1)12-17-10-4-2-6-15-13(10)18-12/h1-7H,(H,14,16)(H,15,17,18). The van der Waals surface area contributed by atoms with E-state index in [1.54, 1.807) is 12.4 Å². The highest BCUT2D eigenvalue weighted by Crippen LogP contribution is 2.26. The minimum atomic E-state index is 0.728. The number of nitrogens with zero attached hydrogens (tertiary/aromatic N) is 3. The number of rotatable bonds is 1. The molecule has 0 aliphatic rings. The molecule has 4 aromatic heterocycles. The van der Waals surface area contributed by atoms with E-state index >= 15 is 0 Å². The van der Waals surface area contributed by atoms with Gasteiger partial charge in [0.15, 0.2) is 5.65 Å². The molecule has 86 valence electrons. The fourth-order valence-electron chi connectivity index (χ4n) is 2.12. The van der Waals surface area contributed by atoms with Crippen molar-refractivity contribution in [3.05, 3.63) is 42.9 Å². The predicted octanol–water partition coefficient (Wildman–Crippen LogP) is 2.50. The lowest BCUT2D eigenvalue weighted by molar-refractivity contribution is 1.30. The molecule has 2 N–H and O–H groups in total. The molecule has 0 saturated heterocycles. The molecular formula is C13H9N5. The molecule has 0 saturated carbocycles. The molecule has 0 amide bonds. The van der Waals surface area contributed by atoms with Gasteiger partial charge in [0, 0.05) is 29.5 Å². The van der Waals surface area contributed by atoms with Crippen molar-refractivity contribution in [1.29, 1.82) is 0 Å². The molecular weight excluding hydrogens is 226 g/mol. The Morgan fingerprint density at radius 3 is 2.83 bits per heavy atom. The van der Waals surface area contributed by atoms with Crippen molar-refractivity contribution >= 4 is 22.2 Å². The van der Waals surface area contributed by atoms with Crippen LogP contribution in [0.15, 0.2) is 42.9 Å². The summed E-state index contributed by atoms with van der Waals surface area (Å²) in [4.78, 5) is 19.4. The number of aromatic nitrogens is 5. The summed E-state index contributed by atoms with van der Waals surface area (Å²) in [5, 5.41) is 1.05. The van der Waals surface area contributed by atoms with Crippen LogP contribution in [0.5, 0.6) is 0 Å². The van der Waals surface area contributed by atoms with E-state index in [2.05, 4.69) is 24.9 Å². The average molecular weight is 235 g/mol. The molecule has 0 unspecified atom stereocenters. The second-order valence-corrected chi connectivity index (χ2v) is 4.06. The summed E-state index contributed by atoms with van der Waals surface area (Å²) in [5.41, 5.74) is 3.54. The second kappa shape index (κ2) is 3.40. The van der Waals surface area contributed by atoms with Crippen molar-refractivity contribution in [1.82, 2.24) is 24.9 Å². The molecule has 0 radical (unpaired) electrons. The second-order valence-electron chi connectivity index (χ2n) is 4.06. The number of H-pyrrole nitrogens is 2. The van der Waals surface area contributed by atoms with E-state index < -0.39 is 0 Å². The summed E-state index contributed by atoms with van der Waals surface area (Å²) in [7, 11) is 0. The van der Waals surface area contributed by atoms with Gasteiger partial charge in [0.25, 0.3) is 0 Å². The van der Waals surface area contributed by atoms with Crippen molar-refractivity contribution in [2.75, 3.05) is 0 Å². The molecule has 4 rings (SSSR count). The Balaban J connectivity index is 2.01. The summed E-state index contributed by atoms with van der Waals surface area (Å²) in [6.07, 6.45) is 5.42. The molecule has 0 spiro atoms. The highest BCUT2D eigenvalue weighted by atomic mass is 15.0. The molecule has 18 heavy (non-hydrogen) atoms. The Labute approximate surface area is 102 Å². The van der Waals surface area contributed by atoms with E-state index in [0.29, 0.717) is 0 Å². The van der Waals surface area contributed by atoms with E-state index in [1.807, 2.05) is 30.5 Å². The molecule has 5 nitrogen and oxygen atoms in total. The summed E-state index contributed by atoms with van der Waals surface area (Å²) in [5.74, 6) is 0.808. The van der Waals surface area contributed by atoms with Gasteiger partial charge in [0.05, 0.1) is 5.52 Å². The van der Waals surface area contributed by atoms with E-state index in [0.717, 1.165) is 33.6 Å². The van der Waals surface area contributed by atoms with Crippen LogP contribution in [0, 0.1) is 0 Å². The molecule has 0 bridgehead atoms. The Kier molecular flexibility index (Phi) is 1.77. The van der Waals surface area contributed by atoms with E-state index in [-0.39, 0.29) is 0 Å². The van der Waals surface area contributed by atoms with Crippen LogP contribution in [0.4, 0.5) is 0 Å². The van der Waals surface area contributed by atoms with Crippen LogP contribution >= 0.6 is 0 Å². The maximum absolute atomic E-state index is 4.49. The summed E-state index contributed by atoms with van der Waals surface area (Å²) < 4.78 is 0.